The second-order valence-corrected chi connectivity index (χ2v) is 8.93. The van der Waals surface area contributed by atoms with Crippen molar-refractivity contribution in [1.29, 1.82) is 0 Å². The summed E-state index contributed by atoms with van der Waals surface area (Å²) in [5.74, 6) is -0.641. The van der Waals surface area contributed by atoms with Crippen LogP contribution in [0.2, 0.25) is 0 Å². The van der Waals surface area contributed by atoms with Crippen LogP contribution in [0.25, 0.3) is 10.8 Å². The maximum absolute atomic E-state index is 13.4. The second-order valence-electron chi connectivity index (χ2n) is 8.93. The third-order valence-electron chi connectivity index (χ3n) is 6.11. The normalized spacial score (nSPS) is 20.8. The molecule has 2 aromatic rings. The summed E-state index contributed by atoms with van der Waals surface area (Å²) in [7, 11) is 0. The Kier molecular flexibility index (Phi) is 5.27. The van der Waals surface area contributed by atoms with Crippen molar-refractivity contribution >= 4 is 22.5 Å². The van der Waals surface area contributed by atoms with Crippen molar-refractivity contribution in [2.75, 3.05) is 6.61 Å². The SMILES string of the molecule is CCOC(=O)C1=C(CC)NC2=C(C(=O)CC(C)(C)C2)C1c1cccc2ccccc12. The van der Waals surface area contributed by atoms with Gasteiger partial charge in [0, 0.05) is 29.3 Å². The molecule has 1 N–H and O–H groups in total. The molecule has 30 heavy (non-hydrogen) atoms. The first-order valence-electron chi connectivity index (χ1n) is 10.8. The van der Waals surface area contributed by atoms with Crippen LogP contribution in [0, 0.1) is 5.41 Å². The fourth-order valence-electron chi connectivity index (χ4n) is 4.89. The van der Waals surface area contributed by atoms with Crippen LogP contribution in [-0.4, -0.2) is 18.4 Å². The first kappa shape index (κ1) is 20.4. The molecule has 0 radical (unpaired) electrons. The van der Waals surface area contributed by atoms with E-state index < -0.39 is 5.92 Å². The van der Waals surface area contributed by atoms with E-state index in [0.717, 1.165) is 39.7 Å². The summed E-state index contributed by atoms with van der Waals surface area (Å²) in [5, 5.41) is 5.63. The van der Waals surface area contributed by atoms with Gasteiger partial charge in [-0.15, -0.1) is 0 Å². The number of allylic oxidation sites excluding steroid dienone is 3. The number of benzene rings is 2. The lowest BCUT2D eigenvalue weighted by Crippen LogP contribution is -2.39. The predicted molar refractivity (Wildman–Crippen MR) is 119 cm³/mol. The number of carbonyl (C=O) groups excluding carboxylic acids is 2. The lowest BCUT2D eigenvalue weighted by atomic mass is 9.68. The number of hydrogen-bond donors (Lipinski definition) is 1. The molecule has 1 aliphatic heterocycles. The van der Waals surface area contributed by atoms with Crippen molar-refractivity contribution in [2.24, 2.45) is 5.41 Å². The van der Waals surface area contributed by atoms with Gasteiger partial charge in [-0.2, -0.15) is 0 Å². The summed E-state index contributed by atoms with van der Waals surface area (Å²) in [4.78, 5) is 26.6. The highest BCUT2D eigenvalue weighted by atomic mass is 16.5. The smallest absolute Gasteiger partial charge is 0.336 e. The van der Waals surface area contributed by atoms with Gasteiger partial charge in [0.2, 0.25) is 0 Å². The van der Waals surface area contributed by atoms with Gasteiger partial charge >= 0.3 is 5.97 Å². The highest BCUT2D eigenvalue weighted by Crippen LogP contribution is 2.48. The Morgan fingerprint density at radius 3 is 2.57 bits per heavy atom. The van der Waals surface area contributed by atoms with Crippen LogP contribution in [0.3, 0.4) is 0 Å². The quantitative estimate of drug-likeness (QED) is 0.695. The topological polar surface area (TPSA) is 55.4 Å². The number of carbonyl (C=O) groups is 2. The van der Waals surface area contributed by atoms with Crippen molar-refractivity contribution in [1.82, 2.24) is 5.32 Å². The molecular formula is C26H29NO3. The minimum atomic E-state index is -0.412. The number of ketones is 1. The van der Waals surface area contributed by atoms with E-state index in [1.54, 1.807) is 0 Å². The Morgan fingerprint density at radius 2 is 1.83 bits per heavy atom. The third kappa shape index (κ3) is 3.45. The van der Waals surface area contributed by atoms with E-state index in [1.165, 1.54) is 0 Å². The lowest BCUT2D eigenvalue weighted by molar-refractivity contribution is -0.138. The molecule has 156 valence electrons. The molecule has 1 atom stereocenters. The molecule has 4 heteroatoms. The lowest BCUT2D eigenvalue weighted by Gasteiger charge is -2.40. The summed E-state index contributed by atoms with van der Waals surface area (Å²) in [6.45, 7) is 8.39. The Bertz CT molecular complexity index is 1090. The molecule has 0 saturated carbocycles. The summed E-state index contributed by atoms with van der Waals surface area (Å²) in [5.41, 5.74) is 4.00. The van der Waals surface area contributed by atoms with Crippen LogP contribution >= 0.6 is 0 Å². The highest BCUT2D eigenvalue weighted by molar-refractivity contribution is 6.05. The van der Waals surface area contributed by atoms with E-state index in [4.69, 9.17) is 4.74 Å². The van der Waals surface area contributed by atoms with Gasteiger partial charge in [0.25, 0.3) is 0 Å². The Labute approximate surface area is 178 Å². The molecule has 4 rings (SSSR count). The molecule has 2 aromatic carbocycles. The van der Waals surface area contributed by atoms with E-state index in [9.17, 15) is 9.59 Å². The molecule has 4 nitrogen and oxygen atoms in total. The number of nitrogens with one attached hydrogen (secondary N) is 1. The van der Waals surface area contributed by atoms with Crippen molar-refractivity contribution in [3.05, 3.63) is 70.6 Å². The molecule has 2 aliphatic rings. The second kappa shape index (κ2) is 7.75. The molecule has 0 fully saturated rings. The Hall–Kier alpha value is -2.88. The predicted octanol–water partition coefficient (Wildman–Crippen LogP) is 5.40. The van der Waals surface area contributed by atoms with Gasteiger partial charge in [-0.25, -0.2) is 4.79 Å². The van der Waals surface area contributed by atoms with Gasteiger partial charge in [0.05, 0.1) is 12.2 Å². The summed E-state index contributed by atoms with van der Waals surface area (Å²) < 4.78 is 5.46. The summed E-state index contributed by atoms with van der Waals surface area (Å²) in [6.07, 6.45) is 1.93. The van der Waals surface area contributed by atoms with Crippen LogP contribution in [-0.2, 0) is 14.3 Å². The summed E-state index contributed by atoms with van der Waals surface area (Å²) >= 11 is 0. The van der Waals surface area contributed by atoms with E-state index in [0.29, 0.717) is 25.0 Å². The zero-order valence-corrected chi connectivity index (χ0v) is 18.2. The largest absolute Gasteiger partial charge is 0.463 e. The van der Waals surface area contributed by atoms with Crippen molar-refractivity contribution in [2.45, 2.75) is 52.9 Å². The number of fused-ring (bicyclic) bond motifs is 1. The Balaban J connectivity index is 2.00. The number of hydrogen-bond acceptors (Lipinski definition) is 4. The minimum absolute atomic E-state index is 0.105. The molecule has 0 amide bonds. The maximum Gasteiger partial charge on any atom is 0.336 e. The molecule has 0 spiro atoms. The molecule has 1 aliphatic carbocycles. The molecule has 1 unspecified atom stereocenters. The molecular weight excluding hydrogens is 374 g/mol. The van der Waals surface area contributed by atoms with Crippen LogP contribution < -0.4 is 5.32 Å². The fourth-order valence-corrected chi connectivity index (χ4v) is 4.89. The molecule has 0 bridgehead atoms. The van der Waals surface area contributed by atoms with E-state index in [1.807, 2.05) is 38.1 Å². The monoisotopic (exact) mass is 403 g/mol. The maximum atomic E-state index is 13.4. The van der Waals surface area contributed by atoms with Gasteiger partial charge in [0.1, 0.15) is 0 Å². The van der Waals surface area contributed by atoms with Crippen molar-refractivity contribution in [3.8, 4) is 0 Å². The average molecular weight is 404 g/mol. The van der Waals surface area contributed by atoms with Gasteiger partial charge < -0.3 is 10.1 Å². The fraction of sp³-hybridized carbons (Fsp3) is 0.385. The van der Waals surface area contributed by atoms with Crippen molar-refractivity contribution in [3.63, 3.8) is 0 Å². The molecule has 0 aromatic heterocycles. The van der Waals surface area contributed by atoms with Crippen LogP contribution in [0.15, 0.2) is 65.0 Å². The number of Topliss-reactive ketones (excluding diaryl/α,β-unsaturated/α-hetero) is 1. The van der Waals surface area contributed by atoms with Crippen molar-refractivity contribution < 1.29 is 14.3 Å². The highest BCUT2D eigenvalue weighted by Gasteiger charge is 2.43. The van der Waals surface area contributed by atoms with E-state index in [-0.39, 0.29) is 17.2 Å². The van der Waals surface area contributed by atoms with Gasteiger partial charge in [-0.3, -0.25) is 4.79 Å². The minimum Gasteiger partial charge on any atom is -0.463 e. The number of dihydropyridines is 1. The van der Waals surface area contributed by atoms with Crippen LogP contribution in [0.4, 0.5) is 0 Å². The van der Waals surface area contributed by atoms with Crippen LogP contribution in [0.1, 0.15) is 58.4 Å². The van der Waals surface area contributed by atoms with Gasteiger partial charge in [0.15, 0.2) is 5.78 Å². The Morgan fingerprint density at radius 1 is 1.10 bits per heavy atom. The van der Waals surface area contributed by atoms with E-state index >= 15 is 0 Å². The number of ether oxygens (including phenoxy) is 1. The van der Waals surface area contributed by atoms with Crippen LogP contribution in [0.5, 0.6) is 0 Å². The summed E-state index contributed by atoms with van der Waals surface area (Å²) in [6, 6.07) is 14.3. The number of rotatable bonds is 4. The first-order chi connectivity index (χ1) is 14.4. The molecule has 0 saturated heterocycles. The average Bonchev–Trinajstić information content (AvgIpc) is 2.71. The van der Waals surface area contributed by atoms with Gasteiger partial charge in [-0.05, 0) is 41.5 Å². The third-order valence-corrected chi connectivity index (χ3v) is 6.11. The first-order valence-corrected chi connectivity index (χ1v) is 10.8. The standard InChI is InChI=1S/C26H29NO3/c1-5-19-24(25(29)30-6-2)22(18-13-9-11-16-10-7-8-12-17(16)18)23-20(27-19)14-26(3,4)15-21(23)28/h7-13,22,27H,5-6,14-15H2,1-4H3. The van der Waals surface area contributed by atoms with E-state index in [2.05, 4.69) is 37.4 Å². The molecule has 1 heterocycles. The van der Waals surface area contributed by atoms with Gasteiger partial charge in [-0.1, -0.05) is 63.2 Å². The zero-order chi connectivity index (χ0) is 21.5. The zero-order valence-electron chi connectivity index (χ0n) is 18.2. The number of esters is 1.